The summed E-state index contributed by atoms with van der Waals surface area (Å²) in [5.74, 6) is 1.22. The molecule has 4 saturated carbocycles. The van der Waals surface area contributed by atoms with Crippen LogP contribution in [0.25, 0.3) is 0 Å². The summed E-state index contributed by atoms with van der Waals surface area (Å²) in [5, 5.41) is 32.2. The molecule has 4 fully saturated rings. The van der Waals surface area contributed by atoms with Crippen LogP contribution in [-0.4, -0.2) is 27.5 Å². The van der Waals surface area contributed by atoms with Crippen LogP contribution in [0.2, 0.25) is 0 Å². The van der Waals surface area contributed by atoms with E-state index in [0.29, 0.717) is 24.7 Å². The number of rotatable bonds is 2. The van der Waals surface area contributed by atoms with Crippen LogP contribution in [0.4, 0.5) is 0 Å². The Morgan fingerprint density at radius 1 is 1.06 bits per heavy atom. The topological polar surface area (TPSA) is 130 Å². The second-order valence-electron chi connectivity index (χ2n) is 11.1. The summed E-state index contributed by atoms with van der Waals surface area (Å²) in [5.41, 5.74) is 10.5. The van der Waals surface area contributed by atoms with E-state index in [9.17, 15) is 10.2 Å². The van der Waals surface area contributed by atoms with Crippen LogP contribution in [0.3, 0.4) is 0 Å². The fourth-order valence-electron chi connectivity index (χ4n) is 8.23. The summed E-state index contributed by atoms with van der Waals surface area (Å²) >= 11 is 0. The number of guanidine groups is 1. The molecular weight excluding hydrogens is 392 g/mol. The fourth-order valence-corrected chi connectivity index (χ4v) is 8.23. The summed E-state index contributed by atoms with van der Waals surface area (Å²) in [6.07, 6.45) is 11.3. The van der Waals surface area contributed by atoms with Crippen molar-refractivity contribution in [2.24, 2.45) is 50.3 Å². The average molecular weight is 429 g/mol. The van der Waals surface area contributed by atoms with Crippen LogP contribution >= 0.6 is 0 Å². The number of furan rings is 1. The van der Waals surface area contributed by atoms with Gasteiger partial charge in [-0.15, -0.1) is 5.10 Å². The van der Waals surface area contributed by atoms with Gasteiger partial charge in [0.25, 0.3) is 0 Å². The Morgan fingerprint density at radius 2 is 1.87 bits per heavy atom. The van der Waals surface area contributed by atoms with Crippen LogP contribution in [-0.2, 0) is 5.60 Å². The first kappa shape index (κ1) is 21.0. The van der Waals surface area contributed by atoms with E-state index in [1.54, 1.807) is 12.5 Å². The molecule has 1 aromatic heterocycles. The van der Waals surface area contributed by atoms with E-state index in [-0.39, 0.29) is 17.3 Å². The van der Waals surface area contributed by atoms with Gasteiger partial charge in [0.1, 0.15) is 5.60 Å². The summed E-state index contributed by atoms with van der Waals surface area (Å²) in [6.45, 7) is 4.54. The average Bonchev–Trinajstić information content (AvgIpc) is 3.34. The molecule has 1 aromatic rings. The Balaban J connectivity index is 1.44. The van der Waals surface area contributed by atoms with Crippen molar-refractivity contribution in [3.63, 3.8) is 0 Å². The van der Waals surface area contributed by atoms with Crippen LogP contribution < -0.4 is 11.5 Å². The number of aliphatic hydroxyl groups is 2. The molecule has 7 nitrogen and oxygen atoms in total. The third-order valence-corrected chi connectivity index (χ3v) is 10.1. The van der Waals surface area contributed by atoms with E-state index in [4.69, 9.17) is 15.9 Å². The molecule has 0 bridgehead atoms. The first-order valence-electron chi connectivity index (χ1n) is 11.8. The van der Waals surface area contributed by atoms with Gasteiger partial charge in [-0.3, -0.25) is 0 Å². The molecule has 0 aliphatic heterocycles. The molecular formula is C24H36N4O3. The Kier molecular flexibility index (Phi) is 4.62. The van der Waals surface area contributed by atoms with E-state index < -0.39 is 16.6 Å². The molecule has 170 valence electrons. The van der Waals surface area contributed by atoms with Crippen molar-refractivity contribution in [3.05, 3.63) is 24.2 Å². The lowest BCUT2D eigenvalue weighted by Gasteiger charge is -2.64. The number of hydrogen-bond donors (Lipinski definition) is 4. The highest BCUT2D eigenvalue weighted by atomic mass is 16.3. The van der Waals surface area contributed by atoms with Crippen molar-refractivity contribution in [2.45, 2.75) is 82.8 Å². The molecule has 1 heterocycles. The van der Waals surface area contributed by atoms with Crippen LogP contribution in [0.5, 0.6) is 0 Å². The van der Waals surface area contributed by atoms with Crippen molar-refractivity contribution < 1.29 is 14.6 Å². The highest BCUT2D eigenvalue weighted by Crippen LogP contribution is 2.71. The zero-order valence-corrected chi connectivity index (χ0v) is 18.7. The molecule has 0 saturated heterocycles. The van der Waals surface area contributed by atoms with Crippen molar-refractivity contribution in [1.29, 1.82) is 0 Å². The maximum absolute atomic E-state index is 12.2. The number of nitrogens with zero attached hydrogens (tertiary/aromatic N) is 2. The highest BCUT2D eigenvalue weighted by Gasteiger charge is 2.72. The minimum absolute atomic E-state index is 0.00433. The normalized spacial score (nSPS) is 48.0. The molecule has 0 unspecified atom stereocenters. The van der Waals surface area contributed by atoms with Crippen molar-refractivity contribution in [2.75, 3.05) is 0 Å². The summed E-state index contributed by atoms with van der Waals surface area (Å²) in [4.78, 5) is 0. The molecule has 0 spiro atoms. The van der Waals surface area contributed by atoms with Gasteiger partial charge in [-0.1, -0.05) is 13.8 Å². The van der Waals surface area contributed by atoms with E-state index >= 15 is 0 Å². The summed E-state index contributed by atoms with van der Waals surface area (Å²) in [7, 11) is 0. The predicted octanol–water partition coefficient (Wildman–Crippen LogP) is 3.25. The first-order chi connectivity index (χ1) is 14.6. The Bertz CT molecular complexity index is 910. The van der Waals surface area contributed by atoms with E-state index in [2.05, 4.69) is 24.1 Å². The number of fused-ring (bicyclic) bond motifs is 5. The predicted molar refractivity (Wildman–Crippen MR) is 119 cm³/mol. The SMILES string of the molecule is C[C@]12CCC(=NN=C(N)N)C[C@H]1CC[C@@H]1[C@@H]2CC[C@]2(C)[C@@](O)(c3ccoc3)CC[C@]12O. The Hall–Kier alpha value is -1.86. The van der Waals surface area contributed by atoms with E-state index in [1.165, 1.54) is 0 Å². The van der Waals surface area contributed by atoms with Crippen molar-refractivity contribution in [3.8, 4) is 0 Å². The van der Waals surface area contributed by atoms with Gasteiger partial charge in [-0.25, -0.2) is 0 Å². The minimum Gasteiger partial charge on any atom is -0.472 e. The van der Waals surface area contributed by atoms with Gasteiger partial charge in [0.2, 0.25) is 5.96 Å². The van der Waals surface area contributed by atoms with Gasteiger partial charge in [-0.05, 0) is 87.0 Å². The maximum atomic E-state index is 12.2. The lowest BCUT2D eigenvalue weighted by molar-refractivity contribution is -0.233. The van der Waals surface area contributed by atoms with Gasteiger partial charge in [-0.2, -0.15) is 5.10 Å². The highest BCUT2D eigenvalue weighted by molar-refractivity contribution is 5.86. The van der Waals surface area contributed by atoms with Crippen LogP contribution in [0.15, 0.2) is 33.2 Å². The molecule has 5 rings (SSSR count). The number of nitrogens with two attached hydrogens (primary N) is 2. The van der Waals surface area contributed by atoms with Crippen molar-refractivity contribution in [1.82, 2.24) is 0 Å². The molecule has 4 aliphatic rings. The second-order valence-corrected chi connectivity index (χ2v) is 11.1. The Morgan fingerprint density at radius 3 is 2.58 bits per heavy atom. The largest absolute Gasteiger partial charge is 0.472 e. The quantitative estimate of drug-likeness (QED) is 0.326. The zero-order valence-electron chi connectivity index (χ0n) is 18.7. The molecule has 31 heavy (non-hydrogen) atoms. The van der Waals surface area contributed by atoms with Crippen molar-refractivity contribution >= 4 is 11.7 Å². The molecule has 0 amide bonds. The second kappa shape index (κ2) is 6.82. The van der Waals surface area contributed by atoms with Gasteiger partial charge in [0, 0.05) is 16.7 Å². The van der Waals surface area contributed by atoms with Crippen LogP contribution in [0, 0.1) is 28.6 Å². The smallest absolute Gasteiger partial charge is 0.211 e. The summed E-state index contributed by atoms with van der Waals surface area (Å²) < 4.78 is 5.31. The molecule has 0 radical (unpaired) electrons. The van der Waals surface area contributed by atoms with Gasteiger partial charge in [0.15, 0.2) is 0 Å². The number of hydrogen-bond acceptors (Lipinski definition) is 5. The Labute approximate surface area is 184 Å². The van der Waals surface area contributed by atoms with Gasteiger partial charge in [0.05, 0.1) is 18.1 Å². The summed E-state index contributed by atoms with van der Waals surface area (Å²) in [6, 6.07) is 1.86. The zero-order chi connectivity index (χ0) is 22.1. The van der Waals surface area contributed by atoms with E-state index in [0.717, 1.165) is 56.2 Å². The van der Waals surface area contributed by atoms with Gasteiger partial charge >= 0.3 is 0 Å². The first-order valence-corrected chi connectivity index (χ1v) is 11.8. The lowest BCUT2D eigenvalue weighted by atomic mass is 9.43. The molecule has 7 heteroatoms. The monoisotopic (exact) mass is 428 g/mol. The van der Waals surface area contributed by atoms with E-state index in [1.807, 2.05) is 6.07 Å². The molecule has 6 N–H and O–H groups in total. The lowest BCUT2D eigenvalue weighted by Crippen LogP contribution is -2.64. The maximum Gasteiger partial charge on any atom is 0.211 e. The van der Waals surface area contributed by atoms with Crippen LogP contribution in [0.1, 0.15) is 77.2 Å². The third kappa shape index (κ3) is 2.72. The molecule has 0 aromatic carbocycles. The molecule has 4 aliphatic carbocycles. The van der Waals surface area contributed by atoms with Gasteiger partial charge < -0.3 is 26.1 Å². The fraction of sp³-hybridized carbons (Fsp3) is 0.750. The molecule has 7 atom stereocenters. The standard InChI is InChI=1S/C24H36N4O3/c1-21-8-5-17(27-28-20(25)26)13-15(21)3-4-19-18(21)6-9-22(2)23(29,10-11-24(19,22)30)16-7-12-31-14-16/h7,12,14-15,18-19,29-30H,3-6,8-11,13H2,1-2H3,(H4,25,26,28)/t15-,18+,19-,21+,22-,23+,24+/m1/s1. The third-order valence-electron chi connectivity index (χ3n) is 10.1. The minimum atomic E-state index is -1.04.